The Morgan fingerprint density at radius 3 is 3.00 bits per heavy atom. The third kappa shape index (κ3) is 1.22. The molecule has 2 rings (SSSR count). The Labute approximate surface area is 77.2 Å². The number of aromatic carboxylic acids is 1. The number of carboxylic acid groups (broad SMARTS) is 1. The van der Waals surface area contributed by atoms with Gasteiger partial charge in [0.15, 0.2) is 0 Å². The van der Waals surface area contributed by atoms with E-state index >= 15 is 0 Å². The van der Waals surface area contributed by atoms with Crippen LogP contribution in [0.3, 0.4) is 0 Å². The van der Waals surface area contributed by atoms with Crippen LogP contribution in [0.2, 0.25) is 0 Å². The van der Waals surface area contributed by atoms with Gasteiger partial charge in [0.1, 0.15) is 0 Å². The fourth-order valence-electron chi connectivity index (χ4n) is 2.06. The van der Waals surface area contributed by atoms with E-state index in [0.29, 0.717) is 11.5 Å². The van der Waals surface area contributed by atoms with Gasteiger partial charge in [0.25, 0.3) is 0 Å². The van der Waals surface area contributed by atoms with E-state index in [0.717, 1.165) is 18.4 Å². The molecule has 0 amide bonds. The monoisotopic (exact) mass is 176 g/mol. The zero-order valence-electron chi connectivity index (χ0n) is 7.58. The molecule has 1 aromatic rings. The van der Waals surface area contributed by atoms with Crippen molar-refractivity contribution in [1.29, 1.82) is 0 Å². The molecule has 0 saturated carbocycles. The highest BCUT2D eigenvalue weighted by Gasteiger charge is 2.22. The second kappa shape index (κ2) is 2.87. The first-order valence-corrected chi connectivity index (χ1v) is 4.55. The van der Waals surface area contributed by atoms with Crippen molar-refractivity contribution in [3.8, 4) is 0 Å². The summed E-state index contributed by atoms with van der Waals surface area (Å²) in [5.41, 5.74) is 2.75. The fourth-order valence-corrected chi connectivity index (χ4v) is 2.06. The summed E-state index contributed by atoms with van der Waals surface area (Å²) < 4.78 is 0. The van der Waals surface area contributed by atoms with Crippen LogP contribution in [0.25, 0.3) is 0 Å². The Morgan fingerprint density at radius 2 is 2.31 bits per heavy atom. The van der Waals surface area contributed by atoms with Crippen LogP contribution in [0.1, 0.15) is 40.7 Å². The topological polar surface area (TPSA) is 37.3 Å². The zero-order valence-corrected chi connectivity index (χ0v) is 7.58. The summed E-state index contributed by atoms with van der Waals surface area (Å²) in [6.45, 7) is 2.15. The molecule has 0 aliphatic heterocycles. The number of carbonyl (C=O) groups is 1. The van der Waals surface area contributed by atoms with Gasteiger partial charge in [-0.25, -0.2) is 4.79 Å². The Balaban J connectivity index is 2.57. The van der Waals surface area contributed by atoms with E-state index in [-0.39, 0.29) is 0 Å². The van der Waals surface area contributed by atoms with Gasteiger partial charge >= 0.3 is 5.97 Å². The molecule has 1 aliphatic carbocycles. The van der Waals surface area contributed by atoms with E-state index in [1.165, 1.54) is 5.56 Å². The predicted molar refractivity (Wildman–Crippen MR) is 50.1 cm³/mol. The molecule has 0 bridgehead atoms. The van der Waals surface area contributed by atoms with E-state index in [9.17, 15) is 4.79 Å². The van der Waals surface area contributed by atoms with Gasteiger partial charge in [-0.15, -0.1) is 0 Å². The lowest BCUT2D eigenvalue weighted by molar-refractivity contribution is 0.0696. The van der Waals surface area contributed by atoms with Gasteiger partial charge in [0.2, 0.25) is 0 Å². The molecular weight excluding hydrogens is 164 g/mol. The van der Waals surface area contributed by atoms with Crippen LogP contribution >= 0.6 is 0 Å². The van der Waals surface area contributed by atoms with E-state index in [1.807, 2.05) is 12.1 Å². The minimum Gasteiger partial charge on any atom is -0.478 e. The van der Waals surface area contributed by atoms with Crippen LogP contribution in [0.15, 0.2) is 18.2 Å². The van der Waals surface area contributed by atoms with Crippen molar-refractivity contribution in [3.05, 3.63) is 34.9 Å². The summed E-state index contributed by atoms with van der Waals surface area (Å²) in [6.07, 6.45) is 2.00. The SMILES string of the molecule is CC1CCc2c(C(=O)O)cccc21. The lowest BCUT2D eigenvalue weighted by Crippen LogP contribution is -2.01. The molecule has 13 heavy (non-hydrogen) atoms. The van der Waals surface area contributed by atoms with Crippen molar-refractivity contribution in [1.82, 2.24) is 0 Å². The van der Waals surface area contributed by atoms with Gasteiger partial charge in [0, 0.05) is 0 Å². The van der Waals surface area contributed by atoms with Gasteiger partial charge in [-0.05, 0) is 36.0 Å². The van der Waals surface area contributed by atoms with E-state index in [2.05, 4.69) is 6.92 Å². The van der Waals surface area contributed by atoms with Crippen molar-refractivity contribution in [3.63, 3.8) is 0 Å². The molecular formula is C11H12O2. The van der Waals surface area contributed by atoms with Crippen molar-refractivity contribution >= 4 is 5.97 Å². The van der Waals surface area contributed by atoms with Gasteiger partial charge in [-0.1, -0.05) is 19.1 Å². The molecule has 2 nitrogen and oxygen atoms in total. The van der Waals surface area contributed by atoms with Crippen LogP contribution in [-0.4, -0.2) is 11.1 Å². The Hall–Kier alpha value is -1.31. The molecule has 1 N–H and O–H groups in total. The Morgan fingerprint density at radius 1 is 1.54 bits per heavy atom. The average Bonchev–Trinajstić information content (AvgIpc) is 2.48. The van der Waals surface area contributed by atoms with Gasteiger partial charge in [0.05, 0.1) is 5.56 Å². The molecule has 1 aromatic carbocycles. The van der Waals surface area contributed by atoms with Crippen molar-refractivity contribution in [2.45, 2.75) is 25.7 Å². The Bertz CT molecular complexity index is 355. The number of carboxylic acids is 1. The third-order valence-corrected chi connectivity index (χ3v) is 2.80. The lowest BCUT2D eigenvalue weighted by Gasteiger charge is -2.05. The fraction of sp³-hybridized carbons (Fsp3) is 0.364. The highest BCUT2D eigenvalue weighted by atomic mass is 16.4. The summed E-state index contributed by atoms with van der Waals surface area (Å²) in [4.78, 5) is 10.9. The second-order valence-electron chi connectivity index (χ2n) is 3.62. The summed E-state index contributed by atoms with van der Waals surface area (Å²) in [7, 11) is 0. The number of benzene rings is 1. The normalized spacial score (nSPS) is 19.9. The van der Waals surface area contributed by atoms with Crippen LogP contribution in [-0.2, 0) is 6.42 Å². The minimum atomic E-state index is -0.800. The smallest absolute Gasteiger partial charge is 0.335 e. The molecule has 0 saturated heterocycles. The summed E-state index contributed by atoms with van der Waals surface area (Å²) >= 11 is 0. The van der Waals surface area contributed by atoms with Crippen molar-refractivity contribution in [2.75, 3.05) is 0 Å². The molecule has 1 atom stereocenters. The first kappa shape index (κ1) is 8.30. The minimum absolute atomic E-state index is 0.488. The molecule has 0 heterocycles. The maximum atomic E-state index is 10.9. The number of fused-ring (bicyclic) bond motifs is 1. The van der Waals surface area contributed by atoms with Crippen LogP contribution in [0.4, 0.5) is 0 Å². The molecule has 1 aliphatic rings. The first-order chi connectivity index (χ1) is 6.20. The molecule has 1 unspecified atom stereocenters. The second-order valence-corrected chi connectivity index (χ2v) is 3.62. The Kier molecular flexibility index (Phi) is 1.83. The average molecular weight is 176 g/mol. The van der Waals surface area contributed by atoms with E-state index in [4.69, 9.17) is 5.11 Å². The summed E-state index contributed by atoms with van der Waals surface area (Å²) in [6, 6.07) is 5.57. The lowest BCUT2D eigenvalue weighted by atomic mass is 10.00. The molecule has 2 heteroatoms. The first-order valence-electron chi connectivity index (χ1n) is 4.55. The number of hydrogen-bond donors (Lipinski definition) is 1. The maximum absolute atomic E-state index is 10.9. The molecule has 0 fully saturated rings. The van der Waals surface area contributed by atoms with Crippen LogP contribution in [0.5, 0.6) is 0 Å². The quantitative estimate of drug-likeness (QED) is 0.713. The van der Waals surface area contributed by atoms with E-state index in [1.54, 1.807) is 6.07 Å². The largest absolute Gasteiger partial charge is 0.478 e. The molecule has 0 spiro atoms. The van der Waals surface area contributed by atoms with Crippen molar-refractivity contribution in [2.24, 2.45) is 0 Å². The van der Waals surface area contributed by atoms with Gasteiger partial charge < -0.3 is 5.11 Å². The van der Waals surface area contributed by atoms with Crippen LogP contribution < -0.4 is 0 Å². The summed E-state index contributed by atoms with van der Waals surface area (Å²) in [5.74, 6) is -0.278. The number of hydrogen-bond acceptors (Lipinski definition) is 1. The number of rotatable bonds is 1. The highest BCUT2D eigenvalue weighted by Crippen LogP contribution is 2.34. The summed E-state index contributed by atoms with van der Waals surface area (Å²) in [5, 5.41) is 8.94. The van der Waals surface area contributed by atoms with Crippen LogP contribution in [0, 0.1) is 0 Å². The van der Waals surface area contributed by atoms with E-state index < -0.39 is 5.97 Å². The predicted octanol–water partition coefficient (Wildman–Crippen LogP) is 2.43. The molecule has 0 aromatic heterocycles. The highest BCUT2D eigenvalue weighted by molar-refractivity contribution is 5.90. The van der Waals surface area contributed by atoms with Gasteiger partial charge in [-0.2, -0.15) is 0 Å². The van der Waals surface area contributed by atoms with Gasteiger partial charge in [-0.3, -0.25) is 0 Å². The maximum Gasteiger partial charge on any atom is 0.335 e. The third-order valence-electron chi connectivity index (χ3n) is 2.80. The standard InChI is InChI=1S/C11H12O2/c1-7-5-6-9-8(7)3-2-4-10(9)11(12)13/h2-4,7H,5-6H2,1H3,(H,12,13). The zero-order chi connectivity index (χ0) is 9.42. The molecule has 68 valence electrons. The molecule has 0 radical (unpaired) electrons. The van der Waals surface area contributed by atoms with Crippen molar-refractivity contribution < 1.29 is 9.90 Å².